The second-order valence-corrected chi connectivity index (χ2v) is 3.66. The highest BCUT2D eigenvalue weighted by Gasteiger charge is 2.18. The van der Waals surface area contributed by atoms with Crippen LogP contribution < -0.4 is 0 Å². The molecule has 16 heavy (non-hydrogen) atoms. The van der Waals surface area contributed by atoms with E-state index in [0.717, 1.165) is 37.6 Å². The first kappa shape index (κ1) is 10.4. The smallest absolute Gasteiger partial charge is 0.328 e. The number of imidazole rings is 1. The zero-order valence-electron chi connectivity index (χ0n) is 8.68. The van der Waals surface area contributed by atoms with Gasteiger partial charge in [-0.3, -0.25) is 0 Å². The fraction of sp³-hybridized carbons (Fsp3) is 0.364. The van der Waals surface area contributed by atoms with E-state index in [2.05, 4.69) is 4.98 Å². The predicted octanol–water partition coefficient (Wildman–Crippen LogP) is 1.19. The molecule has 5 heteroatoms. The van der Waals surface area contributed by atoms with Crippen LogP contribution in [0.15, 0.2) is 6.08 Å². The summed E-state index contributed by atoms with van der Waals surface area (Å²) in [5.74, 6) is -0.444. The van der Waals surface area contributed by atoms with Crippen molar-refractivity contribution in [2.45, 2.75) is 25.8 Å². The Hall–Kier alpha value is -2.09. The van der Waals surface area contributed by atoms with Gasteiger partial charge in [-0.05, 0) is 25.3 Å². The van der Waals surface area contributed by atoms with Gasteiger partial charge in [0.1, 0.15) is 11.9 Å². The highest BCUT2D eigenvalue weighted by atomic mass is 16.4. The van der Waals surface area contributed by atoms with E-state index in [9.17, 15) is 4.79 Å². The molecular weight excluding hydrogens is 206 g/mol. The molecule has 2 rings (SSSR count). The molecule has 2 heterocycles. The Balaban J connectivity index is 2.43. The number of rotatable bonds is 2. The second-order valence-electron chi connectivity index (χ2n) is 3.66. The van der Waals surface area contributed by atoms with Crippen LogP contribution in [0.3, 0.4) is 0 Å². The van der Waals surface area contributed by atoms with Gasteiger partial charge in [0.25, 0.3) is 0 Å². The minimum atomic E-state index is -1.01. The molecule has 1 aliphatic rings. The molecule has 5 nitrogen and oxygen atoms in total. The Kier molecular flexibility index (Phi) is 2.73. The fourth-order valence-corrected chi connectivity index (χ4v) is 1.93. The average molecular weight is 217 g/mol. The van der Waals surface area contributed by atoms with Gasteiger partial charge in [-0.25, -0.2) is 9.78 Å². The summed E-state index contributed by atoms with van der Waals surface area (Å²) in [7, 11) is 0. The van der Waals surface area contributed by atoms with Gasteiger partial charge in [-0.2, -0.15) is 5.26 Å². The minimum Gasteiger partial charge on any atom is -0.478 e. The molecular formula is C11H11N3O2. The number of carboxylic acid groups (broad SMARTS) is 1. The first-order valence-corrected chi connectivity index (χ1v) is 5.13. The maximum atomic E-state index is 10.4. The number of nitriles is 1. The summed E-state index contributed by atoms with van der Waals surface area (Å²) in [5.41, 5.74) is 1.35. The largest absolute Gasteiger partial charge is 0.478 e. The van der Waals surface area contributed by atoms with Gasteiger partial charge in [0.2, 0.25) is 0 Å². The van der Waals surface area contributed by atoms with E-state index in [1.165, 1.54) is 6.08 Å². The molecule has 1 N–H and O–H groups in total. The van der Waals surface area contributed by atoms with Crippen LogP contribution in [0.4, 0.5) is 0 Å². The maximum Gasteiger partial charge on any atom is 0.328 e. The van der Waals surface area contributed by atoms with Crippen LogP contribution in [-0.4, -0.2) is 20.6 Å². The maximum absolute atomic E-state index is 10.4. The molecule has 0 fully saturated rings. The average Bonchev–Trinajstić information content (AvgIpc) is 2.65. The summed E-state index contributed by atoms with van der Waals surface area (Å²) in [6.07, 6.45) is 5.44. The molecule has 0 aromatic carbocycles. The highest BCUT2D eigenvalue weighted by Crippen LogP contribution is 2.21. The number of hydrogen-bond donors (Lipinski definition) is 1. The summed E-state index contributed by atoms with van der Waals surface area (Å²) < 4.78 is 1.93. The summed E-state index contributed by atoms with van der Waals surface area (Å²) in [5, 5.41) is 17.5. The van der Waals surface area contributed by atoms with Gasteiger partial charge in [-0.15, -0.1) is 0 Å². The third kappa shape index (κ3) is 1.82. The van der Waals surface area contributed by atoms with E-state index in [0.29, 0.717) is 11.5 Å². The zero-order chi connectivity index (χ0) is 11.5. The summed E-state index contributed by atoms with van der Waals surface area (Å²) >= 11 is 0. The third-order valence-electron chi connectivity index (χ3n) is 2.63. The Morgan fingerprint density at radius 1 is 1.56 bits per heavy atom. The van der Waals surface area contributed by atoms with Gasteiger partial charge in [-0.1, -0.05) is 0 Å². The van der Waals surface area contributed by atoms with Crippen LogP contribution in [0.25, 0.3) is 6.08 Å². The Morgan fingerprint density at radius 2 is 2.38 bits per heavy atom. The van der Waals surface area contributed by atoms with Gasteiger partial charge >= 0.3 is 5.97 Å². The van der Waals surface area contributed by atoms with Crippen molar-refractivity contribution >= 4 is 12.0 Å². The molecule has 0 atom stereocenters. The zero-order valence-corrected chi connectivity index (χ0v) is 8.68. The molecule has 0 bridgehead atoms. The standard InChI is InChI=1S/C11H11N3O2/c12-7-8-9-3-1-2-6-14(9)10(13-8)4-5-11(15)16/h4-5H,1-3,6H2,(H,15,16)/b5-4+. The van der Waals surface area contributed by atoms with E-state index in [1.807, 2.05) is 10.6 Å². The van der Waals surface area contributed by atoms with Crippen LogP contribution in [0.1, 0.15) is 30.1 Å². The van der Waals surface area contributed by atoms with Crippen molar-refractivity contribution in [1.82, 2.24) is 9.55 Å². The Labute approximate surface area is 92.6 Å². The van der Waals surface area contributed by atoms with Crippen molar-refractivity contribution in [2.24, 2.45) is 0 Å². The minimum absolute atomic E-state index is 0.421. The first-order valence-electron chi connectivity index (χ1n) is 5.13. The number of fused-ring (bicyclic) bond motifs is 1. The number of aliphatic carboxylic acids is 1. The lowest BCUT2D eigenvalue weighted by molar-refractivity contribution is -0.131. The number of carbonyl (C=O) groups is 1. The number of hydrogen-bond acceptors (Lipinski definition) is 3. The number of nitrogens with zero attached hydrogens (tertiary/aromatic N) is 3. The number of carboxylic acids is 1. The van der Waals surface area contributed by atoms with Crippen molar-refractivity contribution in [2.75, 3.05) is 0 Å². The molecule has 0 unspecified atom stereocenters. The molecule has 82 valence electrons. The van der Waals surface area contributed by atoms with Crippen LogP contribution in [0.2, 0.25) is 0 Å². The van der Waals surface area contributed by atoms with Gasteiger partial charge in [0, 0.05) is 12.6 Å². The molecule has 0 saturated heterocycles. The predicted molar refractivity (Wildman–Crippen MR) is 56.5 cm³/mol. The quantitative estimate of drug-likeness (QED) is 0.754. The normalized spacial score (nSPS) is 14.7. The lowest BCUT2D eigenvalue weighted by Gasteiger charge is -2.15. The van der Waals surface area contributed by atoms with Crippen LogP contribution in [-0.2, 0) is 17.8 Å². The molecule has 1 aromatic heterocycles. The summed E-state index contributed by atoms with van der Waals surface area (Å²) in [6.45, 7) is 0.809. The van der Waals surface area contributed by atoms with Crippen LogP contribution in [0, 0.1) is 11.3 Å². The summed E-state index contributed by atoms with van der Waals surface area (Å²) in [6, 6.07) is 2.05. The number of aromatic nitrogens is 2. The van der Waals surface area contributed by atoms with E-state index < -0.39 is 5.97 Å². The lowest BCUT2D eigenvalue weighted by Crippen LogP contribution is -2.11. The molecule has 1 aromatic rings. The van der Waals surface area contributed by atoms with Crippen molar-refractivity contribution in [1.29, 1.82) is 5.26 Å². The third-order valence-corrected chi connectivity index (χ3v) is 2.63. The molecule has 0 aliphatic carbocycles. The Bertz CT molecular complexity index is 494. The van der Waals surface area contributed by atoms with E-state index in [1.54, 1.807) is 0 Å². The summed E-state index contributed by atoms with van der Waals surface area (Å²) in [4.78, 5) is 14.6. The first-order chi connectivity index (χ1) is 7.72. The lowest BCUT2D eigenvalue weighted by atomic mass is 10.1. The molecule has 0 spiro atoms. The molecule has 0 saturated carbocycles. The molecule has 0 amide bonds. The van der Waals surface area contributed by atoms with Crippen molar-refractivity contribution in [3.63, 3.8) is 0 Å². The van der Waals surface area contributed by atoms with Gasteiger partial charge < -0.3 is 9.67 Å². The monoisotopic (exact) mass is 217 g/mol. The topological polar surface area (TPSA) is 78.9 Å². The molecule has 0 radical (unpaired) electrons. The van der Waals surface area contributed by atoms with Crippen LogP contribution >= 0.6 is 0 Å². The van der Waals surface area contributed by atoms with Crippen molar-refractivity contribution < 1.29 is 9.90 Å². The van der Waals surface area contributed by atoms with Gasteiger partial charge in [0.05, 0.1) is 5.69 Å². The fourth-order valence-electron chi connectivity index (χ4n) is 1.93. The second kappa shape index (κ2) is 4.19. The SMILES string of the molecule is N#Cc1nc(/C=C/C(=O)O)n2c1CCCC2. The van der Waals surface area contributed by atoms with Crippen LogP contribution in [0.5, 0.6) is 0 Å². The highest BCUT2D eigenvalue weighted by molar-refractivity contribution is 5.84. The molecule has 1 aliphatic heterocycles. The Morgan fingerprint density at radius 3 is 3.06 bits per heavy atom. The van der Waals surface area contributed by atoms with E-state index >= 15 is 0 Å². The van der Waals surface area contributed by atoms with Crippen molar-refractivity contribution in [3.05, 3.63) is 23.3 Å². The van der Waals surface area contributed by atoms with Crippen molar-refractivity contribution in [3.8, 4) is 6.07 Å². The van der Waals surface area contributed by atoms with E-state index in [-0.39, 0.29) is 0 Å². The van der Waals surface area contributed by atoms with E-state index in [4.69, 9.17) is 10.4 Å². The van der Waals surface area contributed by atoms with Gasteiger partial charge in [0.15, 0.2) is 5.69 Å².